The fourth-order valence-corrected chi connectivity index (χ4v) is 2.55. The minimum Gasteiger partial charge on any atom is -0.396 e. The van der Waals surface area contributed by atoms with Crippen molar-refractivity contribution < 1.29 is 18.4 Å². The molecule has 0 bridgehead atoms. The lowest BCUT2D eigenvalue weighted by Gasteiger charge is -2.10. The second kappa shape index (κ2) is 10.2. The van der Waals surface area contributed by atoms with Crippen LogP contribution in [-0.4, -0.2) is 47.3 Å². The maximum atomic E-state index is 14.0. The van der Waals surface area contributed by atoms with Crippen LogP contribution < -0.4 is 11.1 Å². The Morgan fingerprint density at radius 3 is 2.58 bits per heavy atom. The molecular formula is C20H22F2N6O3. The lowest BCUT2D eigenvalue weighted by Crippen LogP contribution is -2.21. The molecule has 9 nitrogen and oxygen atoms in total. The van der Waals surface area contributed by atoms with E-state index < -0.39 is 23.1 Å². The summed E-state index contributed by atoms with van der Waals surface area (Å²) >= 11 is 0. The molecule has 0 aliphatic rings. The van der Waals surface area contributed by atoms with Crippen molar-refractivity contribution >= 4 is 34.2 Å². The molecular weight excluding hydrogens is 410 g/mol. The minimum atomic E-state index is -1.14. The number of rotatable bonds is 5. The van der Waals surface area contributed by atoms with Gasteiger partial charge in [0.15, 0.2) is 5.82 Å². The van der Waals surface area contributed by atoms with Crippen molar-refractivity contribution in [3.63, 3.8) is 0 Å². The van der Waals surface area contributed by atoms with Crippen molar-refractivity contribution in [1.29, 1.82) is 0 Å². The molecule has 0 radical (unpaired) electrons. The molecule has 0 saturated heterocycles. The molecule has 0 spiro atoms. The fourth-order valence-electron chi connectivity index (χ4n) is 2.55. The fraction of sp³-hybridized carbons (Fsp3) is 0.250. The standard InChI is InChI=1S/C17H15F2N5O2.C3H7NO/c1-24(2)17(26)10-7-22-15-9(10)5-8(6-21-15)23-16(25)13-11(18)3-4-12(20)14(13)19;1-2-3-4-5/h3-7H,20H2,1-2H3,(H,21,22)(H,23,25);2-3H2,1H3. The van der Waals surface area contributed by atoms with Crippen LogP contribution in [0.2, 0.25) is 0 Å². The lowest BCUT2D eigenvalue weighted by atomic mass is 10.1. The summed E-state index contributed by atoms with van der Waals surface area (Å²) in [4.78, 5) is 41.9. The van der Waals surface area contributed by atoms with Crippen molar-refractivity contribution in [3.8, 4) is 0 Å². The van der Waals surface area contributed by atoms with Gasteiger partial charge in [0, 0.05) is 25.7 Å². The molecule has 0 aliphatic carbocycles. The first-order valence-electron chi connectivity index (χ1n) is 9.23. The van der Waals surface area contributed by atoms with Crippen LogP contribution in [0.5, 0.6) is 0 Å². The first kappa shape index (κ1) is 23.4. The zero-order valence-corrected chi connectivity index (χ0v) is 17.2. The highest BCUT2D eigenvalue weighted by Crippen LogP contribution is 2.23. The van der Waals surface area contributed by atoms with Crippen LogP contribution >= 0.6 is 0 Å². The summed E-state index contributed by atoms with van der Waals surface area (Å²) in [5, 5.41) is 5.44. The van der Waals surface area contributed by atoms with Crippen LogP contribution in [0.25, 0.3) is 11.0 Å². The van der Waals surface area contributed by atoms with Gasteiger partial charge in [0.1, 0.15) is 17.0 Å². The Hall–Kier alpha value is -3.89. The van der Waals surface area contributed by atoms with Crippen molar-refractivity contribution in [2.75, 3.05) is 31.7 Å². The predicted octanol–water partition coefficient (Wildman–Crippen LogP) is 3.54. The smallest absolute Gasteiger partial charge is 0.261 e. The third kappa shape index (κ3) is 5.38. The van der Waals surface area contributed by atoms with E-state index in [1.54, 1.807) is 14.1 Å². The SMILES string of the molecule is CCCN=O.CN(C)C(=O)c1c[nH]c2ncc(NC(=O)c3c(F)ccc(N)c3F)cc12. The predicted molar refractivity (Wildman–Crippen MR) is 114 cm³/mol. The highest BCUT2D eigenvalue weighted by atomic mass is 19.1. The van der Waals surface area contributed by atoms with Crippen LogP contribution in [0.4, 0.5) is 20.2 Å². The van der Waals surface area contributed by atoms with Gasteiger partial charge < -0.3 is 20.9 Å². The van der Waals surface area contributed by atoms with E-state index in [4.69, 9.17) is 10.6 Å². The molecule has 2 aromatic heterocycles. The third-order valence-corrected chi connectivity index (χ3v) is 4.09. The summed E-state index contributed by atoms with van der Waals surface area (Å²) in [6, 6.07) is 3.44. The Balaban J connectivity index is 0.000000614. The molecule has 2 amide bonds. The van der Waals surface area contributed by atoms with Gasteiger partial charge in [-0.2, -0.15) is 4.91 Å². The zero-order valence-electron chi connectivity index (χ0n) is 17.2. The van der Waals surface area contributed by atoms with E-state index in [0.717, 1.165) is 18.6 Å². The molecule has 31 heavy (non-hydrogen) atoms. The van der Waals surface area contributed by atoms with Gasteiger partial charge in [0.05, 0.1) is 29.7 Å². The number of halogens is 2. The number of benzene rings is 1. The minimum absolute atomic E-state index is 0.177. The Labute approximate surface area is 176 Å². The van der Waals surface area contributed by atoms with Gasteiger partial charge in [-0.25, -0.2) is 13.8 Å². The maximum Gasteiger partial charge on any atom is 0.261 e. The van der Waals surface area contributed by atoms with E-state index in [0.29, 0.717) is 23.1 Å². The Morgan fingerprint density at radius 2 is 2.00 bits per heavy atom. The first-order chi connectivity index (χ1) is 14.7. The van der Waals surface area contributed by atoms with E-state index in [2.05, 4.69) is 20.5 Å². The van der Waals surface area contributed by atoms with Gasteiger partial charge in [0.25, 0.3) is 11.8 Å². The Bertz CT molecular complexity index is 1110. The number of nitrogens with zero attached hydrogens (tertiary/aromatic N) is 3. The number of nitrogens with one attached hydrogen (secondary N) is 2. The summed E-state index contributed by atoms with van der Waals surface area (Å²) < 4.78 is 27.8. The second-order valence-electron chi connectivity index (χ2n) is 6.65. The molecule has 11 heteroatoms. The molecule has 3 aromatic rings. The molecule has 4 N–H and O–H groups in total. The molecule has 2 heterocycles. The van der Waals surface area contributed by atoms with Gasteiger partial charge in [-0.3, -0.25) is 9.59 Å². The first-order valence-corrected chi connectivity index (χ1v) is 9.23. The summed E-state index contributed by atoms with van der Waals surface area (Å²) in [6.07, 6.45) is 3.68. The van der Waals surface area contributed by atoms with Crippen molar-refractivity contribution in [3.05, 3.63) is 58.3 Å². The van der Waals surface area contributed by atoms with Gasteiger partial charge >= 0.3 is 0 Å². The molecule has 0 aliphatic heterocycles. The van der Waals surface area contributed by atoms with E-state index in [9.17, 15) is 18.4 Å². The summed E-state index contributed by atoms with van der Waals surface area (Å²) in [5.41, 5.74) is 5.23. The largest absolute Gasteiger partial charge is 0.396 e. The van der Waals surface area contributed by atoms with Gasteiger partial charge in [-0.15, -0.1) is 0 Å². The zero-order chi connectivity index (χ0) is 23.1. The van der Waals surface area contributed by atoms with Crippen molar-refractivity contribution in [2.24, 2.45) is 5.18 Å². The summed E-state index contributed by atoms with van der Waals surface area (Å²) in [6.45, 7) is 2.38. The van der Waals surface area contributed by atoms with Crippen LogP contribution in [0.1, 0.15) is 34.1 Å². The van der Waals surface area contributed by atoms with E-state index in [1.807, 2.05) is 6.92 Å². The van der Waals surface area contributed by atoms with Gasteiger partial charge in [-0.05, 0) is 24.6 Å². The number of carbonyl (C=O) groups excluding carboxylic acids is 2. The molecule has 0 fully saturated rings. The normalized spacial score (nSPS) is 10.2. The van der Waals surface area contributed by atoms with Crippen LogP contribution in [-0.2, 0) is 0 Å². The number of aromatic nitrogens is 2. The highest BCUT2D eigenvalue weighted by Gasteiger charge is 2.21. The highest BCUT2D eigenvalue weighted by molar-refractivity contribution is 6.08. The lowest BCUT2D eigenvalue weighted by molar-refractivity contribution is 0.0829. The van der Waals surface area contributed by atoms with E-state index >= 15 is 0 Å². The Morgan fingerprint density at radius 1 is 1.29 bits per heavy atom. The summed E-state index contributed by atoms with van der Waals surface area (Å²) in [7, 11) is 3.21. The van der Waals surface area contributed by atoms with Gasteiger partial charge in [-0.1, -0.05) is 12.1 Å². The molecule has 0 unspecified atom stereocenters. The van der Waals surface area contributed by atoms with Crippen LogP contribution in [0.15, 0.2) is 35.8 Å². The monoisotopic (exact) mass is 432 g/mol. The van der Waals surface area contributed by atoms with Crippen molar-refractivity contribution in [2.45, 2.75) is 13.3 Å². The molecule has 164 valence electrons. The average molecular weight is 432 g/mol. The molecule has 3 rings (SSSR count). The maximum absolute atomic E-state index is 14.0. The second-order valence-corrected chi connectivity index (χ2v) is 6.65. The number of aromatic amines is 1. The topological polar surface area (TPSA) is 134 Å². The van der Waals surface area contributed by atoms with E-state index in [1.165, 1.54) is 23.4 Å². The molecule has 0 atom stereocenters. The third-order valence-electron chi connectivity index (χ3n) is 4.09. The number of pyridine rings is 1. The van der Waals surface area contributed by atoms with Crippen molar-refractivity contribution in [1.82, 2.24) is 14.9 Å². The number of hydrogen-bond donors (Lipinski definition) is 3. The van der Waals surface area contributed by atoms with E-state index in [-0.39, 0.29) is 17.3 Å². The number of nitroso groups, excluding NO2 is 1. The average Bonchev–Trinajstić information content (AvgIpc) is 3.14. The Kier molecular flexibility index (Phi) is 7.72. The number of nitrogen functional groups attached to an aromatic ring is 1. The van der Waals surface area contributed by atoms with Gasteiger partial charge in [0.2, 0.25) is 0 Å². The number of amides is 2. The number of anilines is 2. The number of hydrogen-bond acceptors (Lipinski definition) is 6. The molecule has 1 aromatic carbocycles. The van der Waals surface area contributed by atoms with Crippen LogP contribution in [0.3, 0.4) is 0 Å². The number of H-pyrrole nitrogens is 1. The number of nitrogens with two attached hydrogens (primary N) is 1. The number of carbonyl (C=O) groups is 2. The number of fused-ring (bicyclic) bond motifs is 1. The summed E-state index contributed by atoms with van der Waals surface area (Å²) in [5.74, 6) is -3.44. The van der Waals surface area contributed by atoms with Crippen LogP contribution in [0, 0.1) is 16.5 Å². The quantitative estimate of drug-likeness (QED) is 0.419. The molecule has 0 saturated carbocycles.